The zero-order valence-electron chi connectivity index (χ0n) is 13.6. The summed E-state index contributed by atoms with van der Waals surface area (Å²) in [6, 6.07) is 0.485. The zero-order valence-corrected chi connectivity index (χ0v) is 14.4. The average molecular weight is 346 g/mol. The highest BCUT2D eigenvalue weighted by molar-refractivity contribution is 7.13. The van der Waals surface area contributed by atoms with Crippen molar-refractivity contribution in [1.82, 2.24) is 20.3 Å². The molecule has 2 aromatic rings. The lowest BCUT2D eigenvalue weighted by Crippen LogP contribution is -2.49. The number of rotatable bonds is 4. The normalized spacial score (nSPS) is 23.4. The van der Waals surface area contributed by atoms with Crippen LogP contribution in [-0.2, 0) is 16.0 Å². The van der Waals surface area contributed by atoms with Gasteiger partial charge in [-0.3, -0.25) is 9.97 Å². The summed E-state index contributed by atoms with van der Waals surface area (Å²) >= 11 is 1.62. The van der Waals surface area contributed by atoms with Gasteiger partial charge in [-0.05, 0) is 25.7 Å². The Bertz CT molecular complexity index is 652. The van der Waals surface area contributed by atoms with E-state index in [4.69, 9.17) is 9.47 Å². The highest BCUT2D eigenvalue weighted by Crippen LogP contribution is 2.34. The van der Waals surface area contributed by atoms with Crippen molar-refractivity contribution in [2.24, 2.45) is 0 Å². The highest BCUT2D eigenvalue weighted by Gasteiger charge is 2.38. The first-order valence-electron chi connectivity index (χ1n) is 8.49. The predicted octanol–water partition coefficient (Wildman–Crippen LogP) is 2.42. The van der Waals surface area contributed by atoms with Crippen LogP contribution in [0, 0.1) is 0 Å². The Labute approximate surface area is 145 Å². The molecule has 1 atom stereocenters. The molecule has 0 aromatic carbocycles. The molecule has 1 N–H and O–H groups in total. The first kappa shape index (κ1) is 16.1. The third-order valence-electron chi connectivity index (χ3n) is 4.80. The van der Waals surface area contributed by atoms with Crippen molar-refractivity contribution in [3.05, 3.63) is 29.7 Å². The fourth-order valence-corrected chi connectivity index (χ4v) is 4.24. The summed E-state index contributed by atoms with van der Waals surface area (Å²) in [6.45, 7) is 3.26. The summed E-state index contributed by atoms with van der Waals surface area (Å²) in [5, 5.41) is 6.68. The molecule has 0 aliphatic carbocycles. The second-order valence-corrected chi connectivity index (χ2v) is 7.31. The molecule has 6 nitrogen and oxygen atoms in total. The maximum atomic E-state index is 6.10. The summed E-state index contributed by atoms with van der Waals surface area (Å²) in [6.07, 6.45) is 9.28. The van der Waals surface area contributed by atoms with Gasteiger partial charge in [0.1, 0.15) is 10.7 Å². The quantitative estimate of drug-likeness (QED) is 0.917. The Kier molecular flexibility index (Phi) is 4.84. The van der Waals surface area contributed by atoms with Crippen LogP contribution in [0.15, 0.2) is 24.0 Å². The van der Waals surface area contributed by atoms with Crippen molar-refractivity contribution < 1.29 is 9.47 Å². The van der Waals surface area contributed by atoms with Crippen molar-refractivity contribution in [2.45, 2.75) is 43.9 Å². The molecule has 0 radical (unpaired) electrons. The van der Waals surface area contributed by atoms with Crippen molar-refractivity contribution in [2.75, 3.05) is 19.8 Å². The van der Waals surface area contributed by atoms with Gasteiger partial charge in [0.15, 0.2) is 0 Å². The number of hydrogen-bond acceptors (Lipinski definition) is 7. The molecule has 0 saturated carbocycles. The van der Waals surface area contributed by atoms with E-state index in [9.17, 15) is 0 Å². The van der Waals surface area contributed by atoms with Crippen LogP contribution >= 0.6 is 11.3 Å². The number of hydrogen-bond donors (Lipinski definition) is 1. The molecular weight excluding hydrogens is 324 g/mol. The smallest absolute Gasteiger partial charge is 0.143 e. The lowest BCUT2D eigenvalue weighted by atomic mass is 9.84. The van der Waals surface area contributed by atoms with Gasteiger partial charge >= 0.3 is 0 Å². The fourth-order valence-electron chi connectivity index (χ4n) is 3.46. The molecule has 24 heavy (non-hydrogen) atoms. The van der Waals surface area contributed by atoms with Gasteiger partial charge in [0.2, 0.25) is 0 Å². The Hall–Kier alpha value is -1.41. The van der Waals surface area contributed by atoms with E-state index in [1.807, 2.05) is 0 Å². The van der Waals surface area contributed by atoms with Gasteiger partial charge in [0.25, 0.3) is 0 Å². The summed E-state index contributed by atoms with van der Waals surface area (Å²) in [4.78, 5) is 13.1. The van der Waals surface area contributed by atoms with Crippen LogP contribution in [0.5, 0.6) is 0 Å². The van der Waals surface area contributed by atoms with Gasteiger partial charge in [-0.15, -0.1) is 11.3 Å². The molecule has 4 rings (SSSR count). The van der Waals surface area contributed by atoms with E-state index in [0.717, 1.165) is 68.4 Å². The summed E-state index contributed by atoms with van der Waals surface area (Å²) in [7, 11) is 0. The van der Waals surface area contributed by atoms with E-state index in [0.29, 0.717) is 6.04 Å². The van der Waals surface area contributed by atoms with Crippen LogP contribution in [0.2, 0.25) is 0 Å². The largest absolute Gasteiger partial charge is 0.381 e. The van der Waals surface area contributed by atoms with Crippen LogP contribution in [0.4, 0.5) is 0 Å². The van der Waals surface area contributed by atoms with Gasteiger partial charge < -0.3 is 14.8 Å². The van der Waals surface area contributed by atoms with Gasteiger partial charge in [0.05, 0.1) is 17.5 Å². The second kappa shape index (κ2) is 7.23. The van der Waals surface area contributed by atoms with Crippen molar-refractivity contribution in [3.63, 3.8) is 0 Å². The maximum Gasteiger partial charge on any atom is 0.143 e. The maximum absolute atomic E-state index is 6.10. The highest BCUT2D eigenvalue weighted by atomic mass is 32.1. The van der Waals surface area contributed by atoms with Crippen molar-refractivity contribution in [3.8, 4) is 10.7 Å². The van der Waals surface area contributed by atoms with Gasteiger partial charge in [0, 0.05) is 50.2 Å². The van der Waals surface area contributed by atoms with Crippen molar-refractivity contribution >= 4 is 11.3 Å². The van der Waals surface area contributed by atoms with Crippen LogP contribution in [0.25, 0.3) is 10.7 Å². The molecule has 128 valence electrons. The monoisotopic (exact) mass is 346 g/mol. The SMILES string of the molecule is c1cnc(-c2nc(CNC3CCOC4(CCOCC4)C3)cs2)cn1. The standard InChI is InChI=1S/C17H22N4O2S/c1-6-23-17(2-7-22-8-3-17)9-13(1)20-10-14-12-24-16(21-14)15-11-18-4-5-19-15/h4-5,11-13,20H,1-3,6-10H2. The van der Waals surface area contributed by atoms with E-state index in [2.05, 4.69) is 25.6 Å². The minimum absolute atomic E-state index is 0.0288. The number of ether oxygens (including phenoxy) is 2. The number of aromatic nitrogens is 3. The minimum Gasteiger partial charge on any atom is -0.381 e. The third kappa shape index (κ3) is 3.64. The molecule has 2 aromatic heterocycles. The topological polar surface area (TPSA) is 69.2 Å². The average Bonchev–Trinajstić information content (AvgIpc) is 3.11. The molecule has 1 unspecified atom stereocenters. The van der Waals surface area contributed by atoms with E-state index >= 15 is 0 Å². The van der Waals surface area contributed by atoms with E-state index in [-0.39, 0.29) is 5.60 Å². The lowest BCUT2D eigenvalue weighted by Gasteiger charge is -2.43. The van der Waals surface area contributed by atoms with E-state index in [1.54, 1.807) is 29.9 Å². The molecule has 2 aliphatic heterocycles. The zero-order chi connectivity index (χ0) is 16.2. The lowest BCUT2D eigenvalue weighted by molar-refractivity contribution is -0.140. The van der Waals surface area contributed by atoms with E-state index in [1.165, 1.54) is 0 Å². The molecular formula is C17H22N4O2S. The first-order valence-corrected chi connectivity index (χ1v) is 9.37. The van der Waals surface area contributed by atoms with E-state index < -0.39 is 0 Å². The second-order valence-electron chi connectivity index (χ2n) is 6.45. The van der Waals surface area contributed by atoms with Crippen molar-refractivity contribution in [1.29, 1.82) is 0 Å². The van der Waals surface area contributed by atoms with Gasteiger partial charge in [-0.25, -0.2) is 4.98 Å². The molecule has 2 fully saturated rings. The number of nitrogens with one attached hydrogen (secondary N) is 1. The summed E-state index contributed by atoms with van der Waals surface area (Å²) < 4.78 is 11.6. The number of thiazole rings is 1. The first-order chi connectivity index (χ1) is 11.8. The van der Waals surface area contributed by atoms with Crippen LogP contribution in [0.3, 0.4) is 0 Å². The summed E-state index contributed by atoms with van der Waals surface area (Å²) in [5.41, 5.74) is 1.93. The minimum atomic E-state index is 0.0288. The summed E-state index contributed by atoms with van der Waals surface area (Å²) in [5.74, 6) is 0. The Morgan fingerprint density at radius 3 is 3.00 bits per heavy atom. The Morgan fingerprint density at radius 2 is 2.17 bits per heavy atom. The Morgan fingerprint density at radius 1 is 1.25 bits per heavy atom. The van der Waals surface area contributed by atoms with Crippen LogP contribution < -0.4 is 5.32 Å². The molecule has 2 aliphatic rings. The van der Waals surface area contributed by atoms with Gasteiger partial charge in [-0.2, -0.15) is 0 Å². The Balaban J connectivity index is 1.34. The predicted molar refractivity (Wildman–Crippen MR) is 91.7 cm³/mol. The third-order valence-corrected chi connectivity index (χ3v) is 5.72. The number of nitrogens with zero attached hydrogens (tertiary/aromatic N) is 3. The molecule has 4 heterocycles. The molecule has 0 amide bonds. The van der Waals surface area contributed by atoms with Crippen LogP contribution in [-0.4, -0.2) is 46.4 Å². The fraction of sp³-hybridized carbons (Fsp3) is 0.588. The molecule has 7 heteroatoms. The molecule has 2 saturated heterocycles. The van der Waals surface area contributed by atoms with Gasteiger partial charge in [-0.1, -0.05) is 0 Å². The molecule has 0 bridgehead atoms. The molecule has 1 spiro atoms. The van der Waals surface area contributed by atoms with Crippen LogP contribution in [0.1, 0.15) is 31.4 Å².